The van der Waals surface area contributed by atoms with Gasteiger partial charge in [-0.15, -0.1) is 0 Å². The van der Waals surface area contributed by atoms with Crippen LogP contribution in [0.15, 0.2) is 18.2 Å². The van der Waals surface area contributed by atoms with Crippen molar-refractivity contribution >= 4 is 0 Å². The quantitative estimate of drug-likeness (QED) is 0.881. The first-order valence-electron chi connectivity index (χ1n) is 10.1. The van der Waals surface area contributed by atoms with Crippen molar-refractivity contribution in [3.8, 4) is 5.75 Å². The van der Waals surface area contributed by atoms with Gasteiger partial charge in [0, 0.05) is 24.2 Å². The smallest absolute Gasteiger partial charge is 0.127 e. The molecule has 2 bridgehead atoms. The molecule has 4 nitrogen and oxygen atoms in total. The minimum Gasteiger partial charge on any atom is -0.487 e. The first-order valence-corrected chi connectivity index (χ1v) is 10.1. The molecule has 1 spiro atoms. The number of benzene rings is 1. The first kappa shape index (κ1) is 15.0. The SMILES string of the molecule is CN[C@H]1CC[C@@]2(O)[C@@H]3Cc4cccc5c4[C@@]2(CCN3CC2CC2)[C@H]1O5. The molecular weight excluding hydrogens is 312 g/mol. The number of rotatable bonds is 3. The third-order valence-corrected chi connectivity index (χ3v) is 8.03. The summed E-state index contributed by atoms with van der Waals surface area (Å²) < 4.78 is 6.53. The van der Waals surface area contributed by atoms with Crippen LogP contribution in [0.5, 0.6) is 5.75 Å². The Morgan fingerprint density at radius 2 is 2.16 bits per heavy atom. The number of hydrogen-bond acceptors (Lipinski definition) is 4. The van der Waals surface area contributed by atoms with Gasteiger partial charge >= 0.3 is 0 Å². The minimum absolute atomic E-state index is 0.0678. The van der Waals surface area contributed by atoms with E-state index in [2.05, 4.69) is 28.4 Å². The summed E-state index contributed by atoms with van der Waals surface area (Å²) in [5.74, 6) is 1.91. The van der Waals surface area contributed by atoms with Gasteiger partial charge in [0.05, 0.1) is 11.0 Å². The Kier molecular flexibility index (Phi) is 2.87. The van der Waals surface area contributed by atoms with Crippen molar-refractivity contribution in [2.45, 2.75) is 67.7 Å². The normalized spacial score (nSPS) is 44.3. The van der Waals surface area contributed by atoms with E-state index in [4.69, 9.17) is 4.74 Å². The summed E-state index contributed by atoms with van der Waals surface area (Å²) in [6.07, 6.45) is 6.71. The fourth-order valence-corrected chi connectivity index (χ4v) is 6.75. The molecule has 5 atom stereocenters. The molecule has 0 unspecified atom stereocenters. The van der Waals surface area contributed by atoms with E-state index in [9.17, 15) is 5.11 Å². The fourth-order valence-electron chi connectivity index (χ4n) is 6.75. The van der Waals surface area contributed by atoms with Gasteiger partial charge in [0.15, 0.2) is 0 Å². The lowest BCUT2D eigenvalue weighted by Crippen LogP contribution is -2.78. The zero-order chi connectivity index (χ0) is 16.8. The third kappa shape index (κ3) is 1.69. The lowest BCUT2D eigenvalue weighted by Gasteiger charge is -2.64. The topological polar surface area (TPSA) is 44.7 Å². The zero-order valence-corrected chi connectivity index (χ0v) is 15.0. The van der Waals surface area contributed by atoms with Gasteiger partial charge < -0.3 is 15.2 Å². The molecule has 6 rings (SSSR count). The number of nitrogens with one attached hydrogen (secondary N) is 1. The maximum Gasteiger partial charge on any atom is 0.127 e. The van der Waals surface area contributed by atoms with Gasteiger partial charge in [-0.2, -0.15) is 0 Å². The monoisotopic (exact) mass is 340 g/mol. The summed E-state index contributed by atoms with van der Waals surface area (Å²) in [7, 11) is 2.04. The summed E-state index contributed by atoms with van der Waals surface area (Å²) in [4.78, 5) is 2.63. The second-order valence-corrected chi connectivity index (χ2v) is 9.07. The molecule has 3 aliphatic carbocycles. The molecule has 1 saturated heterocycles. The lowest BCUT2D eigenvalue weighted by molar-refractivity contribution is -0.191. The Hall–Kier alpha value is -1.10. The molecule has 134 valence electrons. The van der Waals surface area contributed by atoms with E-state index < -0.39 is 5.60 Å². The van der Waals surface area contributed by atoms with E-state index in [-0.39, 0.29) is 17.6 Å². The highest BCUT2D eigenvalue weighted by atomic mass is 16.5. The molecule has 4 heteroatoms. The van der Waals surface area contributed by atoms with Crippen LogP contribution in [0.25, 0.3) is 0 Å². The van der Waals surface area contributed by atoms with E-state index in [1.54, 1.807) is 0 Å². The Balaban J connectivity index is 1.54. The Morgan fingerprint density at radius 3 is 2.96 bits per heavy atom. The number of aliphatic hydroxyl groups is 1. The van der Waals surface area contributed by atoms with E-state index in [1.165, 1.54) is 30.5 Å². The summed E-state index contributed by atoms with van der Waals surface area (Å²) in [6, 6.07) is 7.13. The zero-order valence-electron chi connectivity index (χ0n) is 15.0. The predicted molar refractivity (Wildman–Crippen MR) is 96.0 cm³/mol. The van der Waals surface area contributed by atoms with Gasteiger partial charge in [-0.1, -0.05) is 12.1 Å². The second kappa shape index (κ2) is 4.79. The third-order valence-electron chi connectivity index (χ3n) is 8.03. The number of ether oxygens (including phenoxy) is 1. The molecule has 25 heavy (non-hydrogen) atoms. The van der Waals surface area contributed by atoms with Gasteiger partial charge in [0.2, 0.25) is 0 Å². The van der Waals surface area contributed by atoms with Crippen molar-refractivity contribution in [3.63, 3.8) is 0 Å². The van der Waals surface area contributed by atoms with Crippen molar-refractivity contribution in [2.75, 3.05) is 20.1 Å². The van der Waals surface area contributed by atoms with E-state index in [0.717, 1.165) is 43.9 Å². The highest BCUT2D eigenvalue weighted by Crippen LogP contribution is 2.64. The van der Waals surface area contributed by atoms with Crippen LogP contribution < -0.4 is 10.1 Å². The van der Waals surface area contributed by atoms with Gasteiger partial charge in [0.25, 0.3) is 0 Å². The average Bonchev–Trinajstić information content (AvgIpc) is 3.35. The Morgan fingerprint density at radius 1 is 1.28 bits per heavy atom. The predicted octanol–water partition coefficient (Wildman–Crippen LogP) is 1.84. The van der Waals surface area contributed by atoms with Crippen LogP contribution in [0.3, 0.4) is 0 Å². The Bertz CT molecular complexity index is 733. The van der Waals surface area contributed by atoms with E-state index >= 15 is 0 Å². The largest absolute Gasteiger partial charge is 0.487 e. The lowest BCUT2D eigenvalue weighted by atomic mass is 9.48. The van der Waals surface area contributed by atoms with Gasteiger partial charge in [0.1, 0.15) is 11.9 Å². The first-order chi connectivity index (χ1) is 12.2. The molecule has 3 fully saturated rings. The maximum absolute atomic E-state index is 12.2. The summed E-state index contributed by atoms with van der Waals surface area (Å²) in [5, 5.41) is 15.7. The standard InChI is InChI=1S/C21H28N2O2/c1-22-15-7-8-21(24)17-11-14-3-2-4-16-18(14)20(21,19(15)25-16)9-10-23(17)12-13-5-6-13/h2-4,13,15,17,19,22,24H,5-12H2,1H3/t15-,17-,19-,20-,21+/m0/s1. The van der Waals surface area contributed by atoms with Crippen LogP contribution in [0.2, 0.25) is 0 Å². The molecule has 2 aliphatic heterocycles. The van der Waals surface area contributed by atoms with Gasteiger partial charge in [-0.05, 0) is 69.7 Å². The average molecular weight is 340 g/mol. The fraction of sp³-hybridized carbons (Fsp3) is 0.714. The van der Waals surface area contributed by atoms with Crippen molar-refractivity contribution < 1.29 is 9.84 Å². The van der Waals surface area contributed by atoms with Crippen LogP contribution in [0.4, 0.5) is 0 Å². The molecule has 2 saturated carbocycles. The summed E-state index contributed by atoms with van der Waals surface area (Å²) >= 11 is 0. The molecule has 1 aromatic carbocycles. The Labute approximate surface area is 149 Å². The van der Waals surface area contributed by atoms with Crippen molar-refractivity contribution in [2.24, 2.45) is 5.92 Å². The second-order valence-electron chi connectivity index (χ2n) is 9.07. The van der Waals surface area contributed by atoms with Crippen LogP contribution in [-0.2, 0) is 11.8 Å². The van der Waals surface area contributed by atoms with Gasteiger partial charge in [-0.3, -0.25) is 4.90 Å². The van der Waals surface area contributed by atoms with Crippen LogP contribution >= 0.6 is 0 Å². The molecule has 0 amide bonds. The summed E-state index contributed by atoms with van der Waals surface area (Å²) in [6.45, 7) is 2.28. The number of nitrogens with zero attached hydrogens (tertiary/aromatic N) is 1. The highest BCUT2D eigenvalue weighted by Gasteiger charge is 2.72. The van der Waals surface area contributed by atoms with Crippen molar-refractivity contribution in [3.05, 3.63) is 29.3 Å². The van der Waals surface area contributed by atoms with E-state index in [0.29, 0.717) is 6.04 Å². The molecule has 0 radical (unpaired) electrons. The van der Waals surface area contributed by atoms with Crippen LogP contribution in [0.1, 0.15) is 43.2 Å². The minimum atomic E-state index is -0.641. The molecule has 5 aliphatic rings. The van der Waals surface area contributed by atoms with E-state index in [1.807, 2.05) is 7.05 Å². The highest BCUT2D eigenvalue weighted by molar-refractivity contribution is 5.57. The van der Waals surface area contributed by atoms with Crippen molar-refractivity contribution in [1.29, 1.82) is 0 Å². The number of likely N-dealkylation sites (tertiary alicyclic amines) is 1. The number of likely N-dealkylation sites (N-methyl/N-ethyl adjacent to an activating group) is 1. The maximum atomic E-state index is 12.2. The molecule has 2 N–H and O–H groups in total. The molecular formula is C21H28N2O2. The molecule has 0 aromatic heterocycles. The number of piperidine rings is 1. The molecule has 2 heterocycles. The van der Waals surface area contributed by atoms with Crippen LogP contribution in [0, 0.1) is 5.92 Å². The number of hydrogen-bond donors (Lipinski definition) is 2. The van der Waals surface area contributed by atoms with Crippen molar-refractivity contribution in [1.82, 2.24) is 10.2 Å². The van der Waals surface area contributed by atoms with Crippen LogP contribution in [-0.4, -0.2) is 53.9 Å². The van der Waals surface area contributed by atoms with Gasteiger partial charge in [-0.25, -0.2) is 0 Å². The summed E-state index contributed by atoms with van der Waals surface area (Å²) in [5.41, 5.74) is 1.92. The molecule has 1 aromatic rings.